The zero-order valence-corrected chi connectivity index (χ0v) is 13.9. The average Bonchev–Trinajstić information content (AvgIpc) is 2.75. The van der Waals surface area contributed by atoms with Crippen molar-refractivity contribution in [3.05, 3.63) is 34.9 Å². The van der Waals surface area contributed by atoms with Crippen molar-refractivity contribution >= 4 is 17.7 Å². The predicted molar refractivity (Wildman–Crippen MR) is 88.4 cm³/mol. The number of thioether (sulfide) groups is 1. The fourth-order valence-electron chi connectivity index (χ4n) is 3.47. The van der Waals surface area contributed by atoms with Crippen LogP contribution in [0.3, 0.4) is 0 Å². The number of carbonyl (C=O) groups is 1. The molecule has 0 spiro atoms. The van der Waals surface area contributed by atoms with Gasteiger partial charge in [-0.05, 0) is 56.2 Å². The summed E-state index contributed by atoms with van der Waals surface area (Å²) in [5.41, 5.74) is 3.79. The van der Waals surface area contributed by atoms with E-state index < -0.39 is 0 Å². The summed E-state index contributed by atoms with van der Waals surface area (Å²) in [5.74, 6) is 2.60. The van der Waals surface area contributed by atoms with Crippen LogP contribution in [0.2, 0.25) is 0 Å². The fraction of sp³-hybridized carbons (Fsp3) is 0.588. The molecule has 0 bridgehead atoms. The zero-order chi connectivity index (χ0) is 15.0. The lowest BCUT2D eigenvalue weighted by Crippen LogP contribution is -2.42. The van der Waals surface area contributed by atoms with E-state index in [1.165, 1.54) is 28.2 Å². The molecule has 1 N–H and O–H groups in total. The number of rotatable bonds is 2. The van der Waals surface area contributed by atoms with E-state index in [9.17, 15) is 4.79 Å². The molecule has 1 amide bonds. The molecule has 0 saturated carbocycles. The van der Waals surface area contributed by atoms with Crippen LogP contribution in [0.1, 0.15) is 42.6 Å². The van der Waals surface area contributed by atoms with Crippen molar-refractivity contribution in [2.45, 2.75) is 51.9 Å². The molecule has 0 aliphatic carbocycles. The lowest BCUT2D eigenvalue weighted by Gasteiger charge is -2.35. The fourth-order valence-corrected chi connectivity index (χ4v) is 4.55. The second-order valence-electron chi connectivity index (χ2n) is 6.24. The van der Waals surface area contributed by atoms with Gasteiger partial charge in [-0.2, -0.15) is 11.8 Å². The van der Waals surface area contributed by atoms with Gasteiger partial charge in [0, 0.05) is 6.04 Å². The number of benzene rings is 1. The van der Waals surface area contributed by atoms with Crippen molar-refractivity contribution in [1.82, 2.24) is 10.2 Å². The lowest BCUT2D eigenvalue weighted by molar-refractivity contribution is -0.132. The summed E-state index contributed by atoms with van der Waals surface area (Å²) in [4.78, 5) is 14.8. The highest BCUT2D eigenvalue weighted by atomic mass is 32.2. The van der Waals surface area contributed by atoms with Gasteiger partial charge in [-0.3, -0.25) is 10.1 Å². The van der Waals surface area contributed by atoms with Gasteiger partial charge in [0.15, 0.2) is 0 Å². The molecule has 0 aromatic heterocycles. The molecule has 2 heterocycles. The quantitative estimate of drug-likeness (QED) is 0.911. The minimum absolute atomic E-state index is 0.0428. The van der Waals surface area contributed by atoms with E-state index in [0.29, 0.717) is 6.04 Å². The zero-order valence-electron chi connectivity index (χ0n) is 13.1. The summed E-state index contributed by atoms with van der Waals surface area (Å²) in [6.07, 6.45) is 2.28. The van der Waals surface area contributed by atoms with Crippen molar-refractivity contribution in [1.29, 1.82) is 0 Å². The topological polar surface area (TPSA) is 32.3 Å². The molecule has 1 aromatic carbocycles. The first kappa shape index (κ1) is 14.9. The van der Waals surface area contributed by atoms with Crippen LogP contribution in [-0.2, 0) is 4.79 Å². The Kier molecular flexibility index (Phi) is 4.27. The molecule has 0 radical (unpaired) electrons. The second-order valence-corrected chi connectivity index (χ2v) is 7.46. The first-order chi connectivity index (χ1) is 10.1. The first-order valence-electron chi connectivity index (χ1n) is 7.81. The smallest absolute Gasteiger partial charge is 0.241 e. The van der Waals surface area contributed by atoms with Gasteiger partial charge >= 0.3 is 0 Å². The van der Waals surface area contributed by atoms with Gasteiger partial charge < -0.3 is 4.90 Å². The maximum absolute atomic E-state index is 12.6. The number of amides is 1. The average molecular weight is 304 g/mol. The SMILES string of the molecule is Cc1ccc(C2NC(C)C(=O)N2C2CCSCC2)c(C)c1. The maximum atomic E-state index is 12.6. The number of hydrogen-bond donors (Lipinski definition) is 1. The summed E-state index contributed by atoms with van der Waals surface area (Å²) < 4.78 is 0. The molecule has 1 aromatic rings. The van der Waals surface area contributed by atoms with Crippen LogP contribution in [0.5, 0.6) is 0 Å². The van der Waals surface area contributed by atoms with Gasteiger partial charge in [0.1, 0.15) is 6.17 Å². The van der Waals surface area contributed by atoms with Crippen LogP contribution in [-0.4, -0.2) is 34.4 Å². The number of aryl methyl sites for hydroxylation is 2. The summed E-state index contributed by atoms with van der Waals surface area (Å²) >= 11 is 2.00. The molecule has 2 aliphatic heterocycles. The third-order valence-electron chi connectivity index (χ3n) is 4.62. The molecule has 2 unspecified atom stereocenters. The molecular formula is C17H24N2OS. The van der Waals surface area contributed by atoms with Gasteiger partial charge in [0.25, 0.3) is 0 Å². The van der Waals surface area contributed by atoms with Crippen LogP contribution in [0, 0.1) is 13.8 Å². The largest absolute Gasteiger partial charge is 0.319 e. The molecule has 4 heteroatoms. The van der Waals surface area contributed by atoms with E-state index in [1.807, 2.05) is 18.7 Å². The minimum atomic E-state index is -0.0784. The van der Waals surface area contributed by atoms with Crippen molar-refractivity contribution < 1.29 is 4.79 Å². The van der Waals surface area contributed by atoms with E-state index >= 15 is 0 Å². The highest BCUT2D eigenvalue weighted by Crippen LogP contribution is 2.34. The summed E-state index contributed by atoms with van der Waals surface area (Å²) in [6, 6.07) is 6.84. The molecule has 21 heavy (non-hydrogen) atoms. The predicted octanol–water partition coefficient (Wildman–Crippen LogP) is 3.02. The van der Waals surface area contributed by atoms with Crippen molar-refractivity contribution in [3.8, 4) is 0 Å². The van der Waals surface area contributed by atoms with Crippen LogP contribution in [0.25, 0.3) is 0 Å². The Bertz CT molecular complexity index is 540. The Morgan fingerprint density at radius 3 is 2.62 bits per heavy atom. The third-order valence-corrected chi connectivity index (χ3v) is 5.66. The monoisotopic (exact) mass is 304 g/mol. The van der Waals surface area contributed by atoms with Gasteiger partial charge in [-0.25, -0.2) is 0 Å². The summed E-state index contributed by atoms with van der Waals surface area (Å²) in [5, 5.41) is 3.50. The van der Waals surface area contributed by atoms with Gasteiger partial charge in [-0.1, -0.05) is 23.8 Å². The minimum Gasteiger partial charge on any atom is -0.319 e. The number of nitrogens with zero attached hydrogens (tertiary/aromatic N) is 1. The van der Waals surface area contributed by atoms with Crippen LogP contribution < -0.4 is 5.32 Å². The molecule has 114 valence electrons. The highest BCUT2D eigenvalue weighted by molar-refractivity contribution is 7.99. The number of nitrogens with one attached hydrogen (secondary N) is 1. The Morgan fingerprint density at radius 1 is 1.24 bits per heavy atom. The van der Waals surface area contributed by atoms with Crippen molar-refractivity contribution in [2.75, 3.05) is 11.5 Å². The number of hydrogen-bond acceptors (Lipinski definition) is 3. The van der Waals surface area contributed by atoms with Crippen LogP contribution in [0.4, 0.5) is 0 Å². The summed E-state index contributed by atoms with van der Waals surface area (Å²) in [7, 11) is 0. The normalized spacial score (nSPS) is 27.4. The molecular weight excluding hydrogens is 280 g/mol. The molecule has 2 atom stereocenters. The van der Waals surface area contributed by atoms with E-state index in [1.54, 1.807) is 0 Å². The van der Waals surface area contributed by atoms with Gasteiger partial charge in [-0.15, -0.1) is 0 Å². The molecule has 3 nitrogen and oxygen atoms in total. The molecule has 2 aliphatic rings. The first-order valence-corrected chi connectivity index (χ1v) is 8.96. The van der Waals surface area contributed by atoms with Gasteiger partial charge in [0.2, 0.25) is 5.91 Å². The third kappa shape index (κ3) is 2.84. The van der Waals surface area contributed by atoms with Crippen LogP contribution >= 0.6 is 11.8 Å². The molecule has 3 rings (SSSR count). The second kappa shape index (κ2) is 6.01. The molecule has 2 saturated heterocycles. The van der Waals surface area contributed by atoms with Gasteiger partial charge in [0.05, 0.1) is 6.04 Å². The molecule has 2 fully saturated rings. The maximum Gasteiger partial charge on any atom is 0.241 e. The lowest BCUT2D eigenvalue weighted by atomic mass is 10.0. The Morgan fingerprint density at radius 2 is 1.95 bits per heavy atom. The number of carbonyl (C=O) groups excluding carboxylic acids is 1. The van der Waals surface area contributed by atoms with E-state index in [-0.39, 0.29) is 18.1 Å². The Hall–Kier alpha value is -1.00. The van der Waals surface area contributed by atoms with E-state index in [0.717, 1.165) is 12.8 Å². The van der Waals surface area contributed by atoms with E-state index in [2.05, 4.69) is 42.3 Å². The Balaban J connectivity index is 1.92. The van der Waals surface area contributed by atoms with Crippen LogP contribution in [0.15, 0.2) is 18.2 Å². The highest BCUT2D eigenvalue weighted by Gasteiger charge is 2.41. The van der Waals surface area contributed by atoms with E-state index in [4.69, 9.17) is 0 Å². The Labute approximate surface area is 131 Å². The van der Waals surface area contributed by atoms with Crippen molar-refractivity contribution in [2.24, 2.45) is 0 Å². The van der Waals surface area contributed by atoms with Crippen molar-refractivity contribution in [3.63, 3.8) is 0 Å². The summed E-state index contributed by atoms with van der Waals surface area (Å²) in [6.45, 7) is 6.24. The standard InChI is InChI=1S/C17H24N2OS/c1-11-4-5-15(12(2)10-11)16-18-13(3)17(20)19(16)14-6-8-21-9-7-14/h4-5,10,13-14,16,18H,6-9H2,1-3H3.